The Kier molecular flexibility index (Phi) is 8.70. The number of H-pyrrole nitrogens is 1. The van der Waals surface area contributed by atoms with Crippen LogP contribution in [0.1, 0.15) is 25.1 Å². The van der Waals surface area contributed by atoms with Crippen LogP contribution in [0.3, 0.4) is 0 Å². The Morgan fingerprint density at radius 1 is 0.947 bits per heavy atom. The fraction of sp³-hybridized carbons (Fsp3) is 0.276. The zero-order valence-corrected chi connectivity index (χ0v) is 23.1. The van der Waals surface area contributed by atoms with E-state index in [1.54, 1.807) is 7.11 Å². The first-order valence-corrected chi connectivity index (χ1v) is 14.2. The van der Waals surface area contributed by atoms with Crippen molar-refractivity contribution in [1.82, 2.24) is 14.7 Å². The smallest absolute Gasteiger partial charge is 0.299 e. The molecule has 200 valence electrons. The molecule has 0 spiro atoms. The fourth-order valence-electron chi connectivity index (χ4n) is 4.35. The van der Waals surface area contributed by atoms with Gasteiger partial charge >= 0.3 is 0 Å². The van der Waals surface area contributed by atoms with Gasteiger partial charge < -0.3 is 14.6 Å². The molecule has 0 saturated carbocycles. The van der Waals surface area contributed by atoms with Crippen molar-refractivity contribution in [2.24, 2.45) is 0 Å². The molecule has 0 aliphatic heterocycles. The minimum atomic E-state index is -3.77. The lowest BCUT2D eigenvalue weighted by atomic mass is 10.1. The average Bonchev–Trinajstić information content (AvgIpc) is 3.35. The standard InChI is InChI=1S/C29H35N5O3S/c1-5-34(6-2)24-14-17-26(21(3)20-24)33-38(35,36)30-19-18-27-28(22-12-15-25(37-4)16-13-22)32-29(31-27)23-10-8-7-9-11-23/h7-17,20,30,33H,5-6,18-19H2,1-4H3,(H,31,32). The van der Waals surface area contributed by atoms with Crippen LogP contribution in [-0.4, -0.2) is 45.1 Å². The highest BCUT2D eigenvalue weighted by Crippen LogP contribution is 2.28. The van der Waals surface area contributed by atoms with Crippen LogP contribution < -0.4 is 19.1 Å². The Balaban J connectivity index is 1.49. The number of rotatable bonds is 12. The maximum atomic E-state index is 12.9. The lowest BCUT2D eigenvalue weighted by molar-refractivity contribution is 0.415. The molecule has 3 aromatic carbocycles. The van der Waals surface area contributed by atoms with Gasteiger partial charge in [-0.3, -0.25) is 4.72 Å². The van der Waals surface area contributed by atoms with Crippen molar-refractivity contribution in [2.75, 3.05) is 36.4 Å². The molecule has 1 aromatic heterocycles. The highest BCUT2D eigenvalue weighted by atomic mass is 32.2. The van der Waals surface area contributed by atoms with E-state index in [9.17, 15) is 8.42 Å². The highest BCUT2D eigenvalue weighted by molar-refractivity contribution is 7.90. The minimum Gasteiger partial charge on any atom is -0.497 e. The number of nitrogens with zero attached hydrogens (tertiary/aromatic N) is 2. The summed E-state index contributed by atoms with van der Waals surface area (Å²) < 4.78 is 36.3. The van der Waals surface area contributed by atoms with E-state index >= 15 is 0 Å². The maximum Gasteiger partial charge on any atom is 0.299 e. The number of aromatic amines is 1. The normalized spacial score (nSPS) is 11.4. The molecule has 0 radical (unpaired) electrons. The van der Waals surface area contributed by atoms with E-state index in [1.807, 2.05) is 79.7 Å². The second kappa shape index (κ2) is 12.1. The molecule has 9 heteroatoms. The molecule has 0 saturated heterocycles. The summed E-state index contributed by atoms with van der Waals surface area (Å²) in [6.45, 7) is 8.08. The number of anilines is 2. The number of hydrogen-bond donors (Lipinski definition) is 3. The number of benzene rings is 3. The monoisotopic (exact) mass is 533 g/mol. The molecule has 3 N–H and O–H groups in total. The molecule has 0 aliphatic carbocycles. The Morgan fingerprint density at radius 2 is 1.66 bits per heavy atom. The van der Waals surface area contributed by atoms with Crippen molar-refractivity contribution < 1.29 is 13.2 Å². The number of aromatic nitrogens is 2. The van der Waals surface area contributed by atoms with Crippen molar-refractivity contribution in [1.29, 1.82) is 0 Å². The Labute approximate surface area is 225 Å². The first-order valence-electron chi connectivity index (χ1n) is 12.7. The van der Waals surface area contributed by atoms with Gasteiger partial charge in [-0.2, -0.15) is 13.1 Å². The van der Waals surface area contributed by atoms with Crippen LogP contribution in [0.25, 0.3) is 22.6 Å². The van der Waals surface area contributed by atoms with Crippen LogP contribution in [0.15, 0.2) is 72.8 Å². The van der Waals surface area contributed by atoms with Crippen LogP contribution in [0.4, 0.5) is 11.4 Å². The molecule has 0 unspecified atom stereocenters. The summed E-state index contributed by atoms with van der Waals surface area (Å²) in [5.74, 6) is 1.49. The molecule has 4 rings (SSSR count). The molecular formula is C29H35N5O3S. The molecule has 0 fully saturated rings. The SMILES string of the molecule is CCN(CC)c1ccc(NS(=O)(=O)NCCc2[nH]c(-c3ccccc3)nc2-c2ccc(OC)cc2)c(C)c1. The molecule has 0 aliphatic rings. The third-order valence-electron chi connectivity index (χ3n) is 6.44. The highest BCUT2D eigenvalue weighted by Gasteiger charge is 2.16. The Bertz CT molecular complexity index is 1450. The van der Waals surface area contributed by atoms with Crippen LogP contribution in [0.2, 0.25) is 0 Å². The Hall–Kier alpha value is -3.82. The second-order valence-corrected chi connectivity index (χ2v) is 10.4. The van der Waals surface area contributed by atoms with Gasteiger partial charge in [-0.1, -0.05) is 30.3 Å². The van der Waals surface area contributed by atoms with Gasteiger partial charge in [0.25, 0.3) is 10.2 Å². The molecule has 8 nitrogen and oxygen atoms in total. The van der Waals surface area contributed by atoms with E-state index in [0.29, 0.717) is 12.1 Å². The van der Waals surface area contributed by atoms with E-state index < -0.39 is 10.2 Å². The van der Waals surface area contributed by atoms with Crippen LogP contribution in [0.5, 0.6) is 5.75 Å². The molecule has 0 atom stereocenters. The van der Waals surface area contributed by atoms with Crippen LogP contribution in [0, 0.1) is 6.92 Å². The number of imidazole rings is 1. The quantitative estimate of drug-likeness (QED) is 0.227. The first-order chi connectivity index (χ1) is 18.3. The van der Waals surface area contributed by atoms with Gasteiger partial charge in [0.15, 0.2) is 0 Å². The van der Waals surface area contributed by atoms with E-state index in [4.69, 9.17) is 9.72 Å². The zero-order valence-electron chi connectivity index (χ0n) is 22.3. The summed E-state index contributed by atoms with van der Waals surface area (Å²) in [5.41, 5.74) is 5.99. The lowest BCUT2D eigenvalue weighted by Gasteiger charge is -2.22. The van der Waals surface area contributed by atoms with Crippen molar-refractivity contribution in [3.05, 3.63) is 84.1 Å². The molecule has 4 aromatic rings. The van der Waals surface area contributed by atoms with Crippen molar-refractivity contribution in [3.63, 3.8) is 0 Å². The molecule has 1 heterocycles. The zero-order chi connectivity index (χ0) is 27.1. The first kappa shape index (κ1) is 27.2. The number of nitrogens with one attached hydrogen (secondary N) is 3. The summed E-state index contributed by atoms with van der Waals surface area (Å²) >= 11 is 0. The average molecular weight is 534 g/mol. The van der Waals surface area contributed by atoms with Crippen LogP contribution >= 0.6 is 0 Å². The van der Waals surface area contributed by atoms with Crippen molar-refractivity contribution in [3.8, 4) is 28.4 Å². The number of ether oxygens (including phenoxy) is 1. The van der Waals surface area contributed by atoms with Crippen molar-refractivity contribution >= 4 is 21.6 Å². The largest absolute Gasteiger partial charge is 0.497 e. The summed E-state index contributed by atoms with van der Waals surface area (Å²) in [6.07, 6.45) is 0.433. The minimum absolute atomic E-state index is 0.200. The van der Waals surface area contributed by atoms with E-state index in [0.717, 1.165) is 58.4 Å². The topological polar surface area (TPSA) is 99.4 Å². The third kappa shape index (κ3) is 6.54. The summed E-state index contributed by atoms with van der Waals surface area (Å²) in [5, 5.41) is 0. The molecule has 0 bridgehead atoms. The summed E-state index contributed by atoms with van der Waals surface area (Å²) in [6, 6.07) is 23.3. The predicted octanol–water partition coefficient (Wildman–Crippen LogP) is 5.40. The second-order valence-electron chi connectivity index (χ2n) is 8.93. The molecule has 38 heavy (non-hydrogen) atoms. The van der Waals surface area contributed by atoms with Gasteiger partial charge in [-0.25, -0.2) is 4.98 Å². The number of hydrogen-bond acceptors (Lipinski definition) is 5. The van der Waals surface area contributed by atoms with E-state index in [1.165, 1.54) is 0 Å². The molecule has 0 amide bonds. The summed E-state index contributed by atoms with van der Waals surface area (Å²) in [4.78, 5) is 10.5. The van der Waals surface area contributed by atoms with Gasteiger partial charge in [0, 0.05) is 48.6 Å². The predicted molar refractivity (Wildman–Crippen MR) is 155 cm³/mol. The fourth-order valence-corrected chi connectivity index (χ4v) is 5.31. The van der Waals surface area contributed by atoms with Gasteiger partial charge in [0.05, 0.1) is 18.5 Å². The van der Waals surface area contributed by atoms with Gasteiger partial charge in [-0.05, 0) is 68.8 Å². The maximum absolute atomic E-state index is 12.9. The van der Waals surface area contributed by atoms with Crippen LogP contribution in [-0.2, 0) is 16.6 Å². The van der Waals surface area contributed by atoms with Gasteiger partial charge in [0.2, 0.25) is 0 Å². The number of methoxy groups -OCH3 is 1. The van der Waals surface area contributed by atoms with Gasteiger partial charge in [0.1, 0.15) is 11.6 Å². The molecular weight excluding hydrogens is 498 g/mol. The number of aryl methyl sites for hydroxylation is 1. The van der Waals surface area contributed by atoms with E-state index in [-0.39, 0.29) is 6.54 Å². The lowest BCUT2D eigenvalue weighted by Crippen LogP contribution is -2.32. The van der Waals surface area contributed by atoms with Crippen molar-refractivity contribution in [2.45, 2.75) is 27.2 Å². The van der Waals surface area contributed by atoms with Gasteiger partial charge in [-0.15, -0.1) is 0 Å². The Morgan fingerprint density at radius 3 is 2.29 bits per heavy atom. The van der Waals surface area contributed by atoms with E-state index in [2.05, 4.69) is 33.2 Å². The third-order valence-corrected chi connectivity index (χ3v) is 7.51. The summed E-state index contributed by atoms with van der Waals surface area (Å²) in [7, 11) is -2.14.